The molecule has 0 saturated carbocycles. The van der Waals surface area contributed by atoms with Gasteiger partial charge in [0.15, 0.2) is 0 Å². The minimum Gasteiger partial charge on any atom is -0.362 e. The summed E-state index contributed by atoms with van der Waals surface area (Å²) in [7, 11) is 2.05. The van der Waals surface area contributed by atoms with Crippen molar-refractivity contribution in [2.75, 3.05) is 57.8 Å². The minimum atomic E-state index is -2.92. The van der Waals surface area contributed by atoms with Crippen LogP contribution in [0.5, 0.6) is 0 Å². The van der Waals surface area contributed by atoms with E-state index in [1.807, 2.05) is 25.4 Å². The van der Waals surface area contributed by atoms with Crippen LogP contribution in [0.2, 0.25) is 0 Å². The number of carbonyl (C=O) groups is 1. The summed E-state index contributed by atoms with van der Waals surface area (Å²) >= 11 is 0. The Kier molecular flexibility index (Phi) is 5.50. The van der Waals surface area contributed by atoms with E-state index in [0.29, 0.717) is 23.3 Å². The van der Waals surface area contributed by atoms with Crippen molar-refractivity contribution in [3.63, 3.8) is 0 Å². The lowest BCUT2D eigenvalue weighted by Gasteiger charge is -2.39. The molecule has 1 amide bonds. The molecule has 1 aromatic carbocycles. The topological polar surface area (TPSA) is 77.0 Å². The van der Waals surface area contributed by atoms with E-state index in [0.717, 1.165) is 31.7 Å². The van der Waals surface area contributed by atoms with Crippen LogP contribution in [0, 0.1) is 0 Å². The number of halogens is 2. The lowest BCUT2D eigenvalue weighted by atomic mass is 10.00. The number of amides is 1. The molecule has 2 aromatic rings. The molecule has 0 spiro atoms. The molecule has 5 rings (SSSR count). The van der Waals surface area contributed by atoms with Gasteiger partial charge in [-0.2, -0.15) is 0 Å². The highest BCUT2D eigenvalue weighted by molar-refractivity contribution is 5.95. The Balaban J connectivity index is 1.32. The molecule has 170 valence electrons. The number of anilines is 1. The summed E-state index contributed by atoms with van der Waals surface area (Å²) in [5.41, 5.74) is 2.80. The second-order valence-corrected chi connectivity index (χ2v) is 8.95. The number of alkyl halides is 2. The number of aliphatic imine (C=N–C) groups is 1. The van der Waals surface area contributed by atoms with Crippen molar-refractivity contribution < 1.29 is 13.6 Å². The zero-order valence-electron chi connectivity index (χ0n) is 18.0. The number of benzene rings is 1. The summed E-state index contributed by atoms with van der Waals surface area (Å²) in [5, 5.41) is 2.85. The molecule has 8 nitrogen and oxygen atoms in total. The first kappa shape index (κ1) is 21.1. The Labute approximate surface area is 185 Å². The maximum atomic E-state index is 14.7. The van der Waals surface area contributed by atoms with Gasteiger partial charge in [-0.05, 0) is 13.1 Å². The van der Waals surface area contributed by atoms with Gasteiger partial charge in [0.25, 0.3) is 5.92 Å². The highest BCUT2D eigenvalue weighted by Gasteiger charge is 2.41. The van der Waals surface area contributed by atoms with Gasteiger partial charge in [0.1, 0.15) is 11.6 Å². The summed E-state index contributed by atoms with van der Waals surface area (Å²) in [6.45, 7) is 3.53. The molecule has 4 heterocycles. The molecule has 10 heteroatoms. The lowest BCUT2D eigenvalue weighted by molar-refractivity contribution is -0.124. The molecule has 3 aliphatic rings. The number of nitrogens with zero attached hydrogens (tertiary/aromatic N) is 6. The Bertz CT molecular complexity index is 1030. The van der Waals surface area contributed by atoms with Crippen LogP contribution in [-0.4, -0.2) is 96.7 Å². The third-order valence-electron chi connectivity index (χ3n) is 6.33. The van der Waals surface area contributed by atoms with Gasteiger partial charge < -0.3 is 15.1 Å². The maximum Gasteiger partial charge on any atom is 0.267 e. The first-order valence-electron chi connectivity index (χ1n) is 11.0. The number of hydrogen-bond donors (Lipinski definition) is 1. The zero-order valence-corrected chi connectivity index (χ0v) is 18.0. The number of aromatic nitrogens is 2. The van der Waals surface area contributed by atoms with E-state index < -0.39 is 18.5 Å². The fourth-order valence-electron chi connectivity index (χ4n) is 4.62. The second kappa shape index (κ2) is 8.32. The molecule has 2 unspecified atom stereocenters. The summed E-state index contributed by atoms with van der Waals surface area (Å²) in [5.74, 6) is -3.13. The average Bonchev–Trinajstić information content (AvgIpc) is 3.58. The summed E-state index contributed by atoms with van der Waals surface area (Å²) < 4.78 is 29.4. The van der Waals surface area contributed by atoms with Crippen LogP contribution in [0.4, 0.5) is 14.5 Å². The molecule has 2 fully saturated rings. The minimum absolute atomic E-state index is 0.00680. The predicted molar refractivity (Wildman–Crippen MR) is 118 cm³/mol. The van der Waals surface area contributed by atoms with E-state index in [-0.39, 0.29) is 24.9 Å². The van der Waals surface area contributed by atoms with Crippen LogP contribution in [-0.2, 0) is 4.79 Å². The number of hydrogen-bond acceptors (Lipinski definition) is 7. The number of rotatable bonds is 5. The summed E-state index contributed by atoms with van der Waals surface area (Å²) in [4.78, 5) is 31.6. The van der Waals surface area contributed by atoms with Crippen LogP contribution in [0.15, 0.2) is 29.5 Å². The number of carbonyl (C=O) groups excluding carboxylic acids is 1. The molecular formula is C22H27F2N7O. The van der Waals surface area contributed by atoms with E-state index in [4.69, 9.17) is 0 Å². The molecule has 0 aliphatic carbocycles. The third-order valence-corrected chi connectivity index (χ3v) is 6.33. The highest BCUT2D eigenvalue weighted by Crippen LogP contribution is 2.37. The Hall–Kier alpha value is -2.72. The zero-order chi connectivity index (χ0) is 22.3. The van der Waals surface area contributed by atoms with E-state index in [9.17, 15) is 13.6 Å². The fourth-order valence-corrected chi connectivity index (χ4v) is 4.62. The molecule has 3 aliphatic heterocycles. The third kappa shape index (κ3) is 4.56. The van der Waals surface area contributed by atoms with E-state index in [2.05, 4.69) is 30.1 Å². The molecular weight excluding hydrogens is 416 g/mol. The van der Waals surface area contributed by atoms with Crippen molar-refractivity contribution in [3.8, 4) is 0 Å². The smallest absolute Gasteiger partial charge is 0.267 e. The van der Waals surface area contributed by atoms with Gasteiger partial charge in [0.05, 0.1) is 30.3 Å². The van der Waals surface area contributed by atoms with Gasteiger partial charge in [-0.25, -0.2) is 8.78 Å². The number of likely N-dealkylation sites (N-methyl/N-ethyl adjacent to an activating group) is 1. The molecule has 2 atom stereocenters. The van der Waals surface area contributed by atoms with E-state index in [1.54, 1.807) is 17.3 Å². The van der Waals surface area contributed by atoms with Crippen LogP contribution in [0.1, 0.15) is 18.0 Å². The normalized spacial score (nSPS) is 25.8. The van der Waals surface area contributed by atoms with Crippen LogP contribution < -0.4 is 10.2 Å². The molecule has 1 aromatic heterocycles. The molecule has 2 saturated heterocycles. The Morgan fingerprint density at radius 1 is 1.16 bits per heavy atom. The molecule has 1 N–H and O–H groups in total. The van der Waals surface area contributed by atoms with Crippen molar-refractivity contribution in [1.82, 2.24) is 25.1 Å². The van der Waals surface area contributed by atoms with Crippen molar-refractivity contribution in [1.29, 1.82) is 0 Å². The fraction of sp³-hybridized carbons (Fsp3) is 0.545. The largest absolute Gasteiger partial charge is 0.362 e. The van der Waals surface area contributed by atoms with Gasteiger partial charge in [-0.15, -0.1) is 0 Å². The van der Waals surface area contributed by atoms with E-state index >= 15 is 0 Å². The van der Waals surface area contributed by atoms with Crippen LogP contribution >= 0.6 is 0 Å². The number of piperidine rings is 1. The maximum absolute atomic E-state index is 14.7. The first-order chi connectivity index (χ1) is 15.4. The average molecular weight is 444 g/mol. The number of nitrogens with one attached hydrogen (secondary N) is 1. The van der Waals surface area contributed by atoms with Crippen molar-refractivity contribution in [3.05, 3.63) is 30.1 Å². The number of piperazine rings is 1. The Morgan fingerprint density at radius 2 is 1.88 bits per heavy atom. The van der Waals surface area contributed by atoms with E-state index in [1.165, 1.54) is 0 Å². The standard InChI is InChI=1S/C22H27F2N7O/c1-29-6-8-30(9-7-29)13-19(32)28-15-10-22(23,24)14-31(12-15)18-3-2-16(17-11-27-17)20-21(18)26-5-4-25-20/h2-5,11,15,17H,6-10,12-14H2,1H3,(H,28,32). The summed E-state index contributed by atoms with van der Waals surface area (Å²) in [6.07, 6.45) is 4.63. The van der Waals surface area contributed by atoms with Gasteiger partial charge in [0.2, 0.25) is 5.91 Å². The highest BCUT2D eigenvalue weighted by atomic mass is 19.3. The van der Waals surface area contributed by atoms with Gasteiger partial charge in [-0.3, -0.25) is 24.7 Å². The van der Waals surface area contributed by atoms with Crippen molar-refractivity contribution in [2.45, 2.75) is 24.4 Å². The van der Waals surface area contributed by atoms with Gasteiger partial charge in [0, 0.05) is 63.3 Å². The van der Waals surface area contributed by atoms with Crippen molar-refractivity contribution in [2.24, 2.45) is 4.99 Å². The summed E-state index contributed by atoms with van der Waals surface area (Å²) in [6, 6.07) is 3.06. The predicted octanol–water partition coefficient (Wildman–Crippen LogP) is 1.33. The Morgan fingerprint density at radius 3 is 2.59 bits per heavy atom. The molecule has 0 bridgehead atoms. The molecule has 0 radical (unpaired) electrons. The quantitative estimate of drug-likeness (QED) is 0.752. The molecule has 32 heavy (non-hydrogen) atoms. The monoisotopic (exact) mass is 443 g/mol. The lowest BCUT2D eigenvalue weighted by Crippen LogP contribution is -2.57. The van der Waals surface area contributed by atoms with Gasteiger partial charge in [-0.1, -0.05) is 6.07 Å². The second-order valence-electron chi connectivity index (χ2n) is 8.95. The SMILES string of the molecule is CN1CCN(CC(=O)NC2CN(c3ccc(C4C=N4)c4nccnc34)CC(F)(F)C2)CC1. The van der Waals surface area contributed by atoms with Crippen LogP contribution in [0.25, 0.3) is 11.0 Å². The van der Waals surface area contributed by atoms with Crippen molar-refractivity contribution >= 4 is 28.8 Å². The van der Waals surface area contributed by atoms with Gasteiger partial charge >= 0.3 is 0 Å². The first-order valence-corrected chi connectivity index (χ1v) is 11.0. The number of fused-ring (bicyclic) bond motifs is 1. The van der Waals surface area contributed by atoms with Crippen LogP contribution in [0.3, 0.4) is 0 Å².